The molecule has 0 bridgehead atoms. The first-order valence-electron chi connectivity index (χ1n) is 9.28. The molecule has 1 amide bonds. The number of benzene rings is 1. The van der Waals surface area contributed by atoms with Gasteiger partial charge in [0.1, 0.15) is 19.0 Å². The SMILES string of the molecule is Cc1nc(C2CCCN(C(=O)c3cc4c(cc3C)OCCO4)C2)cc(=O)[nH]1. The van der Waals surface area contributed by atoms with E-state index >= 15 is 0 Å². The van der Waals surface area contributed by atoms with E-state index in [4.69, 9.17) is 9.47 Å². The van der Waals surface area contributed by atoms with E-state index in [1.807, 2.05) is 17.9 Å². The number of fused-ring (bicyclic) bond motifs is 1. The van der Waals surface area contributed by atoms with Gasteiger partial charge in [-0.1, -0.05) is 0 Å². The van der Waals surface area contributed by atoms with E-state index in [1.54, 1.807) is 19.1 Å². The van der Waals surface area contributed by atoms with Gasteiger partial charge in [0, 0.05) is 30.6 Å². The Hall–Kier alpha value is -2.83. The Morgan fingerprint density at radius 3 is 2.67 bits per heavy atom. The summed E-state index contributed by atoms with van der Waals surface area (Å²) in [4.78, 5) is 33.9. The molecule has 4 rings (SSSR count). The van der Waals surface area contributed by atoms with Gasteiger partial charge in [-0.2, -0.15) is 0 Å². The molecule has 2 aliphatic rings. The monoisotopic (exact) mass is 369 g/mol. The number of aryl methyl sites for hydroxylation is 2. The van der Waals surface area contributed by atoms with Gasteiger partial charge in [-0.25, -0.2) is 4.98 Å². The molecule has 0 spiro atoms. The van der Waals surface area contributed by atoms with Crippen molar-refractivity contribution in [1.82, 2.24) is 14.9 Å². The van der Waals surface area contributed by atoms with Gasteiger partial charge in [0.15, 0.2) is 11.5 Å². The number of H-pyrrole nitrogens is 1. The zero-order valence-corrected chi connectivity index (χ0v) is 15.6. The molecule has 0 aliphatic carbocycles. The van der Waals surface area contributed by atoms with E-state index in [1.165, 1.54) is 0 Å². The molecule has 7 heteroatoms. The van der Waals surface area contributed by atoms with Crippen LogP contribution in [0, 0.1) is 13.8 Å². The van der Waals surface area contributed by atoms with Gasteiger partial charge in [0.25, 0.3) is 11.5 Å². The van der Waals surface area contributed by atoms with Crippen LogP contribution in [-0.4, -0.2) is 47.1 Å². The fourth-order valence-electron chi connectivity index (χ4n) is 3.81. The van der Waals surface area contributed by atoms with Crippen LogP contribution in [0.1, 0.15) is 46.2 Å². The van der Waals surface area contributed by atoms with Crippen LogP contribution in [0.3, 0.4) is 0 Å². The quantitative estimate of drug-likeness (QED) is 0.877. The molecule has 0 radical (unpaired) electrons. The smallest absolute Gasteiger partial charge is 0.254 e. The van der Waals surface area contributed by atoms with E-state index in [-0.39, 0.29) is 17.4 Å². The van der Waals surface area contributed by atoms with Crippen LogP contribution in [0.5, 0.6) is 11.5 Å². The number of likely N-dealkylation sites (tertiary alicyclic amines) is 1. The second kappa shape index (κ2) is 7.06. The second-order valence-corrected chi connectivity index (χ2v) is 7.16. The zero-order chi connectivity index (χ0) is 19.0. The third-order valence-corrected chi connectivity index (χ3v) is 5.13. The molecule has 1 fully saturated rings. The van der Waals surface area contributed by atoms with Crippen LogP contribution in [-0.2, 0) is 0 Å². The van der Waals surface area contributed by atoms with Gasteiger partial charge in [-0.3, -0.25) is 9.59 Å². The highest BCUT2D eigenvalue weighted by molar-refractivity contribution is 5.96. The molecule has 1 aromatic carbocycles. The minimum atomic E-state index is -0.149. The average molecular weight is 369 g/mol. The van der Waals surface area contributed by atoms with Crippen molar-refractivity contribution in [2.24, 2.45) is 0 Å². The topological polar surface area (TPSA) is 84.5 Å². The largest absolute Gasteiger partial charge is 0.486 e. The highest BCUT2D eigenvalue weighted by Crippen LogP contribution is 2.34. The fraction of sp³-hybridized carbons (Fsp3) is 0.450. The van der Waals surface area contributed by atoms with Crippen molar-refractivity contribution in [3.05, 3.63) is 51.2 Å². The van der Waals surface area contributed by atoms with Crippen LogP contribution in [0.2, 0.25) is 0 Å². The number of nitrogens with zero attached hydrogens (tertiary/aromatic N) is 2. The summed E-state index contributed by atoms with van der Waals surface area (Å²) in [5, 5.41) is 0. The first-order chi connectivity index (χ1) is 13.0. The molecule has 1 aromatic heterocycles. The first-order valence-corrected chi connectivity index (χ1v) is 9.28. The number of hydrogen-bond donors (Lipinski definition) is 1. The predicted octanol–water partition coefficient (Wildman–Crippen LogP) is 2.18. The lowest BCUT2D eigenvalue weighted by Gasteiger charge is -2.33. The predicted molar refractivity (Wildman–Crippen MR) is 99.6 cm³/mol. The Kier molecular flexibility index (Phi) is 4.59. The number of carbonyl (C=O) groups excluding carboxylic acids is 1. The maximum atomic E-state index is 13.2. The third kappa shape index (κ3) is 3.54. The standard InChI is InChI=1S/C20H23N3O4/c1-12-8-17-18(27-7-6-26-17)9-15(12)20(25)23-5-3-4-14(11-23)16-10-19(24)22-13(2)21-16/h8-10,14H,3-7,11H2,1-2H3,(H,21,22,24). The number of hydrogen-bond acceptors (Lipinski definition) is 5. The molecular weight excluding hydrogens is 346 g/mol. The number of nitrogens with one attached hydrogen (secondary N) is 1. The van der Waals surface area contributed by atoms with Gasteiger partial charge >= 0.3 is 0 Å². The molecule has 1 atom stereocenters. The summed E-state index contributed by atoms with van der Waals surface area (Å²) in [6, 6.07) is 5.19. The zero-order valence-electron chi connectivity index (χ0n) is 15.6. The number of aromatic amines is 1. The van der Waals surface area contributed by atoms with Crippen molar-refractivity contribution < 1.29 is 14.3 Å². The minimum Gasteiger partial charge on any atom is -0.486 e. The Bertz CT molecular complexity index is 937. The van der Waals surface area contributed by atoms with Crippen molar-refractivity contribution >= 4 is 5.91 Å². The number of piperidine rings is 1. The minimum absolute atomic E-state index is 0.0178. The summed E-state index contributed by atoms with van der Waals surface area (Å²) >= 11 is 0. The van der Waals surface area contributed by atoms with E-state index in [0.29, 0.717) is 49.2 Å². The van der Waals surface area contributed by atoms with Crippen molar-refractivity contribution in [1.29, 1.82) is 0 Å². The van der Waals surface area contributed by atoms with E-state index in [0.717, 1.165) is 24.1 Å². The average Bonchev–Trinajstić information content (AvgIpc) is 2.66. The lowest BCUT2D eigenvalue weighted by Crippen LogP contribution is -2.40. The molecule has 1 N–H and O–H groups in total. The van der Waals surface area contributed by atoms with Gasteiger partial charge in [0.2, 0.25) is 0 Å². The van der Waals surface area contributed by atoms with Crippen molar-refractivity contribution in [3.8, 4) is 11.5 Å². The van der Waals surface area contributed by atoms with Crippen LogP contribution < -0.4 is 15.0 Å². The van der Waals surface area contributed by atoms with Crippen LogP contribution >= 0.6 is 0 Å². The van der Waals surface area contributed by atoms with Crippen molar-refractivity contribution in [2.45, 2.75) is 32.6 Å². The molecule has 2 aromatic rings. The number of carbonyl (C=O) groups is 1. The number of aromatic nitrogens is 2. The Labute approximate surface area is 157 Å². The fourth-order valence-corrected chi connectivity index (χ4v) is 3.81. The van der Waals surface area contributed by atoms with Gasteiger partial charge in [0.05, 0.1) is 5.69 Å². The summed E-state index contributed by atoms with van der Waals surface area (Å²) in [6.45, 7) is 5.96. The van der Waals surface area contributed by atoms with E-state index in [9.17, 15) is 9.59 Å². The normalized spacial score (nSPS) is 19.0. The highest BCUT2D eigenvalue weighted by Gasteiger charge is 2.28. The summed E-state index contributed by atoms with van der Waals surface area (Å²) in [6.07, 6.45) is 1.80. The second-order valence-electron chi connectivity index (χ2n) is 7.16. The van der Waals surface area contributed by atoms with E-state index in [2.05, 4.69) is 9.97 Å². The molecule has 0 saturated carbocycles. The van der Waals surface area contributed by atoms with Gasteiger partial charge < -0.3 is 19.4 Å². The maximum Gasteiger partial charge on any atom is 0.254 e. The van der Waals surface area contributed by atoms with Gasteiger partial charge in [-0.05, 0) is 44.4 Å². The maximum absolute atomic E-state index is 13.2. The van der Waals surface area contributed by atoms with Crippen molar-refractivity contribution in [3.63, 3.8) is 0 Å². The molecule has 27 heavy (non-hydrogen) atoms. The number of amides is 1. The van der Waals surface area contributed by atoms with E-state index < -0.39 is 0 Å². The summed E-state index contributed by atoms with van der Waals surface area (Å²) in [7, 11) is 0. The van der Waals surface area contributed by atoms with Crippen LogP contribution in [0.15, 0.2) is 23.0 Å². The van der Waals surface area contributed by atoms with Crippen LogP contribution in [0.4, 0.5) is 0 Å². The van der Waals surface area contributed by atoms with Crippen molar-refractivity contribution in [2.75, 3.05) is 26.3 Å². The lowest BCUT2D eigenvalue weighted by atomic mass is 9.93. The Morgan fingerprint density at radius 1 is 1.19 bits per heavy atom. The molecule has 3 heterocycles. The molecule has 1 saturated heterocycles. The number of ether oxygens (including phenoxy) is 2. The summed E-state index contributed by atoms with van der Waals surface area (Å²) in [5.74, 6) is 1.96. The molecule has 1 unspecified atom stereocenters. The summed E-state index contributed by atoms with van der Waals surface area (Å²) < 4.78 is 11.2. The highest BCUT2D eigenvalue weighted by atomic mass is 16.6. The van der Waals surface area contributed by atoms with Crippen LogP contribution in [0.25, 0.3) is 0 Å². The summed E-state index contributed by atoms with van der Waals surface area (Å²) in [5.41, 5.74) is 2.11. The van der Waals surface area contributed by atoms with Gasteiger partial charge in [-0.15, -0.1) is 0 Å². The first kappa shape index (κ1) is 17.6. The molecule has 7 nitrogen and oxygen atoms in total. The molecule has 142 valence electrons. The Balaban J connectivity index is 1.58. The number of rotatable bonds is 2. The molecule has 2 aliphatic heterocycles. The molecular formula is C20H23N3O4. The Morgan fingerprint density at radius 2 is 1.93 bits per heavy atom. The lowest BCUT2D eigenvalue weighted by molar-refractivity contribution is 0.0704. The third-order valence-electron chi connectivity index (χ3n) is 5.13.